The van der Waals surface area contributed by atoms with Crippen molar-refractivity contribution < 1.29 is 33.9 Å². The Morgan fingerprint density at radius 2 is 1.44 bits per heavy atom. The summed E-state index contributed by atoms with van der Waals surface area (Å²) in [4.78, 5) is 72.2. The number of benzene rings is 1. The van der Waals surface area contributed by atoms with Crippen LogP contribution in [0.25, 0.3) is 0 Å². The van der Waals surface area contributed by atoms with E-state index in [1.54, 1.807) is 44.2 Å². The second-order valence-electron chi connectivity index (χ2n) is 8.56. The maximum Gasteiger partial charge on any atom is 0.326 e. The fraction of sp³-hybridized carbons (Fsp3) is 0.478. The topological polar surface area (TPSA) is 197 Å². The van der Waals surface area contributed by atoms with Crippen LogP contribution in [0.1, 0.15) is 39.2 Å². The molecule has 0 unspecified atom stereocenters. The van der Waals surface area contributed by atoms with Gasteiger partial charge in [0.25, 0.3) is 5.24 Å². The average Bonchev–Trinajstić information content (AvgIpc) is 2.79. The maximum absolute atomic E-state index is 13.1. The molecular formula is C23H33N5O7S. The minimum Gasteiger partial charge on any atom is -0.480 e. The van der Waals surface area contributed by atoms with Crippen LogP contribution in [0.3, 0.4) is 0 Å². The molecule has 5 amide bonds. The summed E-state index contributed by atoms with van der Waals surface area (Å²) in [6.45, 7) is 4.77. The second kappa shape index (κ2) is 14.7. The van der Waals surface area contributed by atoms with Gasteiger partial charge in [0.2, 0.25) is 23.6 Å². The lowest BCUT2D eigenvalue weighted by molar-refractivity contribution is -0.142. The number of carbonyl (C=O) groups is 6. The van der Waals surface area contributed by atoms with E-state index in [9.17, 15) is 33.9 Å². The molecule has 0 fully saturated rings. The van der Waals surface area contributed by atoms with Crippen molar-refractivity contribution in [2.24, 2.45) is 11.7 Å². The lowest BCUT2D eigenvalue weighted by atomic mass is 10.0. The normalized spacial score (nSPS) is 14.0. The molecule has 0 saturated carbocycles. The van der Waals surface area contributed by atoms with Gasteiger partial charge in [0, 0.05) is 12.8 Å². The van der Waals surface area contributed by atoms with Crippen molar-refractivity contribution in [2.45, 2.75) is 64.2 Å². The molecule has 0 aliphatic carbocycles. The summed E-state index contributed by atoms with van der Waals surface area (Å²) in [7, 11) is 0. The van der Waals surface area contributed by atoms with Crippen molar-refractivity contribution in [3.05, 3.63) is 35.9 Å². The highest BCUT2D eigenvalue weighted by molar-refractivity contribution is 7.96. The van der Waals surface area contributed by atoms with Crippen molar-refractivity contribution in [3.63, 3.8) is 0 Å². The number of nitrogens with two attached hydrogens (primary N) is 1. The van der Waals surface area contributed by atoms with Crippen LogP contribution in [0.4, 0.5) is 4.79 Å². The molecule has 0 spiro atoms. The van der Waals surface area contributed by atoms with Crippen LogP contribution in [0.15, 0.2) is 30.3 Å². The fourth-order valence-electron chi connectivity index (χ4n) is 3.21. The first-order valence-corrected chi connectivity index (χ1v) is 11.7. The number of amides is 5. The quantitative estimate of drug-likeness (QED) is 0.163. The van der Waals surface area contributed by atoms with Crippen LogP contribution in [0.5, 0.6) is 0 Å². The third kappa shape index (κ3) is 10.8. The predicted octanol–water partition coefficient (Wildman–Crippen LogP) is -0.282. The summed E-state index contributed by atoms with van der Waals surface area (Å²) >= 11 is 3.65. The van der Waals surface area contributed by atoms with Gasteiger partial charge in [0.05, 0.1) is 0 Å². The highest BCUT2D eigenvalue weighted by atomic mass is 32.1. The van der Waals surface area contributed by atoms with Gasteiger partial charge in [0.15, 0.2) is 0 Å². The monoisotopic (exact) mass is 523 g/mol. The predicted molar refractivity (Wildman–Crippen MR) is 134 cm³/mol. The maximum atomic E-state index is 13.1. The largest absolute Gasteiger partial charge is 0.480 e. The molecule has 0 bridgehead atoms. The Labute approximate surface area is 214 Å². The van der Waals surface area contributed by atoms with Crippen molar-refractivity contribution >= 4 is 47.5 Å². The van der Waals surface area contributed by atoms with Gasteiger partial charge >= 0.3 is 5.97 Å². The van der Waals surface area contributed by atoms with Crippen LogP contribution in [-0.4, -0.2) is 64.1 Å². The Kier molecular flexibility index (Phi) is 12.4. The molecule has 0 heterocycles. The minimum absolute atomic E-state index is 0.0861. The molecule has 1 aromatic rings. The van der Waals surface area contributed by atoms with Crippen LogP contribution in [-0.2, 0) is 30.4 Å². The first-order valence-electron chi connectivity index (χ1n) is 11.3. The summed E-state index contributed by atoms with van der Waals surface area (Å²) in [6.07, 6.45) is -0.372. The zero-order valence-corrected chi connectivity index (χ0v) is 21.2. The summed E-state index contributed by atoms with van der Waals surface area (Å²) in [5.41, 5.74) is 5.77. The Morgan fingerprint density at radius 3 is 1.94 bits per heavy atom. The van der Waals surface area contributed by atoms with Gasteiger partial charge in [-0.3, -0.25) is 24.0 Å². The number of nitrogens with one attached hydrogen (secondary N) is 4. The number of hydrogen-bond acceptors (Lipinski definition) is 6. The van der Waals surface area contributed by atoms with E-state index in [0.717, 1.165) is 5.56 Å². The number of rotatable bonds is 14. The third-order valence-electron chi connectivity index (χ3n) is 5.19. The fourth-order valence-corrected chi connectivity index (χ4v) is 3.35. The molecule has 4 atom stereocenters. The molecule has 0 saturated heterocycles. The van der Waals surface area contributed by atoms with Crippen LogP contribution >= 0.6 is 12.6 Å². The van der Waals surface area contributed by atoms with Gasteiger partial charge in [-0.1, -0.05) is 56.8 Å². The number of carboxylic acids is 1. The molecule has 7 N–H and O–H groups in total. The Bertz CT molecular complexity index is 957. The van der Waals surface area contributed by atoms with Crippen molar-refractivity contribution in [2.75, 3.05) is 0 Å². The number of thiol groups is 1. The van der Waals surface area contributed by atoms with E-state index >= 15 is 0 Å². The summed E-state index contributed by atoms with van der Waals surface area (Å²) in [6, 6.07) is 4.22. The molecule has 0 aliphatic heterocycles. The van der Waals surface area contributed by atoms with E-state index in [0.29, 0.717) is 0 Å². The molecule has 1 aromatic carbocycles. The molecular weight excluding hydrogens is 490 g/mol. The second-order valence-corrected chi connectivity index (χ2v) is 8.96. The number of primary amides is 1. The highest BCUT2D eigenvalue weighted by Gasteiger charge is 2.30. The van der Waals surface area contributed by atoms with Crippen LogP contribution in [0.2, 0.25) is 0 Å². The number of hydrogen-bond donors (Lipinski definition) is 7. The molecule has 198 valence electrons. The zero-order chi connectivity index (χ0) is 27.4. The number of carboxylic acid groups (broad SMARTS) is 1. The van der Waals surface area contributed by atoms with Gasteiger partial charge in [-0.25, -0.2) is 4.79 Å². The summed E-state index contributed by atoms with van der Waals surface area (Å²) in [5, 5.41) is 18.3. The summed E-state index contributed by atoms with van der Waals surface area (Å²) < 4.78 is 0. The third-order valence-corrected chi connectivity index (χ3v) is 5.32. The smallest absolute Gasteiger partial charge is 0.326 e. The van der Waals surface area contributed by atoms with Crippen molar-refractivity contribution in [1.82, 2.24) is 21.3 Å². The lowest BCUT2D eigenvalue weighted by Gasteiger charge is -2.26. The first kappa shape index (κ1) is 30.4. The number of aliphatic carboxylic acids is 1. The Morgan fingerprint density at radius 1 is 0.861 bits per heavy atom. The highest BCUT2D eigenvalue weighted by Crippen LogP contribution is 2.08. The van der Waals surface area contributed by atoms with Crippen LogP contribution < -0.4 is 27.0 Å². The minimum atomic E-state index is -1.37. The van der Waals surface area contributed by atoms with Crippen LogP contribution in [0, 0.1) is 5.92 Å². The standard InChI is InChI=1S/C23H33N5O7S/c1-12(2)18(28-23(35)36)21(32)27-16(11-14-7-5-4-6-8-14)20(31)25-13(3)19(30)26-15(22(33)34)9-10-17(24)29/h4-8,12-13,15-16,18H,9-11H2,1-3H3,(H2,24,29)(H,25,31)(H,26,30)(H,27,32)(H,33,34)(H2,28,35,36)/t13-,15-,16-,18-/m0/s1. The van der Waals surface area contributed by atoms with Gasteiger partial charge in [0.1, 0.15) is 24.2 Å². The SMILES string of the molecule is CC(C)[C@H](NC(=O)S)C(=O)N[C@@H](Cc1ccccc1)C(=O)N[C@@H](C)C(=O)N[C@@H](CCC(N)=O)C(=O)O. The Hall–Kier alpha value is -3.61. The molecule has 13 heteroatoms. The molecule has 1 rings (SSSR count). The average molecular weight is 524 g/mol. The van der Waals surface area contributed by atoms with E-state index in [1.165, 1.54) is 6.92 Å². The molecule has 36 heavy (non-hydrogen) atoms. The van der Waals surface area contributed by atoms with E-state index in [4.69, 9.17) is 5.73 Å². The van der Waals surface area contributed by atoms with Gasteiger partial charge in [-0.15, -0.1) is 0 Å². The first-order chi connectivity index (χ1) is 16.8. The molecule has 0 radical (unpaired) electrons. The van der Waals surface area contributed by atoms with Crippen molar-refractivity contribution in [1.29, 1.82) is 0 Å². The summed E-state index contributed by atoms with van der Waals surface area (Å²) in [5.74, 6) is -4.49. The van der Waals surface area contributed by atoms with E-state index in [2.05, 4.69) is 33.9 Å². The van der Waals surface area contributed by atoms with E-state index < -0.39 is 59.0 Å². The molecule has 0 aromatic heterocycles. The lowest BCUT2D eigenvalue weighted by Crippen LogP contribution is -2.58. The molecule has 0 aliphatic rings. The van der Waals surface area contributed by atoms with Crippen molar-refractivity contribution in [3.8, 4) is 0 Å². The Balaban J connectivity index is 2.99. The zero-order valence-electron chi connectivity index (χ0n) is 20.3. The number of carbonyl (C=O) groups excluding carboxylic acids is 5. The van der Waals surface area contributed by atoms with Gasteiger partial charge < -0.3 is 32.1 Å². The van der Waals surface area contributed by atoms with E-state index in [-0.39, 0.29) is 25.2 Å². The molecule has 12 nitrogen and oxygen atoms in total. The van der Waals surface area contributed by atoms with Gasteiger partial charge in [-0.05, 0) is 24.8 Å². The van der Waals surface area contributed by atoms with Gasteiger partial charge in [-0.2, -0.15) is 0 Å². The van der Waals surface area contributed by atoms with E-state index in [1.807, 2.05) is 0 Å².